The van der Waals surface area contributed by atoms with E-state index in [1.807, 2.05) is 18.2 Å². The lowest BCUT2D eigenvalue weighted by Crippen LogP contribution is -2.13. The summed E-state index contributed by atoms with van der Waals surface area (Å²) in [5.41, 5.74) is 3.15. The molecule has 0 fully saturated rings. The highest BCUT2D eigenvalue weighted by Crippen LogP contribution is 2.25. The van der Waals surface area contributed by atoms with Crippen molar-refractivity contribution in [1.29, 1.82) is 0 Å². The Hall–Kier alpha value is -2.36. The monoisotopic (exact) mass is 271 g/mol. The number of hydrogen-bond acceptors (Lipinski definition) is 2. The van der Waals surface area contributed by atoms with E-state index in [2.05, 4.69) is 5.32 Å². The van der Waals surface area contributed by atoms with Gasteiger partial charge in [0.2, 0.25) is 0 Å². The van der Waals surface area contributed by atoms with Gasteiger partial charge in [-0.3, -0.25) is 4.79 Å². The van der Waals surface area contributed by atoms with Gasteiger partial charge in [-0.15, -0.1) is 0 Å². The summed E-state index contributed by atoms with van der Waals surface area (Å²) in [7, 11) is 0. The summed E-state index contributed by atoms with van der Waals surface area (Å²) in [6.07, 6.45) is 3.24. The summed E-state index contributed by atoms with van der Waals surface area (Å²) in [6.45, 7) is 0. The quantitative estimate of drug-likeness (QED) is 0.880. The van der Waals surface area contributed by atoms with Gasteiger partial charge in [-0.05, 0) is 54.7 Å². The minimum Gasteiger partial charge on any atom is -0.508 e. The van der Waals surface area contributed by atoms with E-state index in [4.69, 9.17) is 5.11 Å². The summed E-state index contributed by atoms with van der Waals surface area (Å²) in [6, 6.07) is 9.27. The second kappa shape index (κ2) is 4.96. The van der Waals surface area contributed by atoms with E-state index in [1.54, 1.807) is 0 Å². The van der Waals surface area contributed by atoms with Gasteiger partial charge in [0.1, 0.15) is 11.6 Å². The van der Waals surface area contributed by atoms with Crippen LogP contribution in [-0.2, 0) is 12.8 Å². The van der Waals surface area contributed by atoms with Gasteiger partial charge in [0.15, 0.2) is 0 Å². The van der Waals surface area contributed by atoms with Gasteiger partial charge in [0.05, 0.1) is 5.56 Å². The Labute approximate surface area is 116 Å². The van der Waals surface area contributed by atoms with Crippen LogP contribution in [0.5, 0.6) is 5.75 Å². The first-order valence-electron chi connectivity index (χ1n) is 6.55. The van der Waals surface area contributed by atoms with Crippen molar-refractivity contribution in [2.75, 3.05) is 5.32 Å². The van der Waals surface area contributed by atoms with Crippen molar-refractivity contribution in [1.82, 2.24) is 0 Å². The molecule has 2 N–H and O–H groups in total. The predicted molar refractivity (Wildman–Crippen MR) is 74.5 cm³/mol. The number of halogens is 1. The van der Waals surface area contributed by atoms with Crippen LogP contribution in [0.3, 0.4) is 0 Å². The highest BCUT2D eigenvalue weighted by Gasteiger charge is 2.15. The number of aromatic hydroxyl groups is 1. The molecule has 2 aromatic carbocycles. The van der Waals surface area contributed by atoms with Gasteiger partial charge in [0, 0.05) is 11.8 Å². The average molecular weight is 271 g/mol. The number of rotatable bonds is 2. The first kappa shape index (κ1) is 12.7. The lowest BCUT2D eigenvalue weighted by Gasteiger charge is -2.08. The highest BCUT2D eigenvalue weighted by atomic mass is 19.1. The van der Waals surface area contributed by atoms with Gasteiger partial charge >= 0.3 is 0 Å². The Kier molecular flexibility index (Phi) is 3.14. The molecule has 0 saturated carbocycles. The zero-order valence-electron chi connectivity index (χ0n) is 10.8. The number of anilines is 1. The van der Waals surface area contributed by atoms with Crippen LogP contribution in [0.15, 0.2) is 36.4 Å². The van der Waals surface area contributed by atoms with Crippen LogP contribution < -0.4 is 5.32 Å². The Balaban J connectivity index is 1.82. The normalized spacial score (nSPS) is 13.1. The highest BCUT2D eigenvalue weighted by molar-refractivity contribution is 6.04. The summed E-state index contributed by atoms with van der Waals surface area (Å²) in [4.78, 5) is 12.0. The van der Waals surface area contributed by atoms with Crippen molar-refractivity contribution in [3.63, 3.8) is 0 Å². The number of phenolic OH excluding ortho intramolecular Hbond substituents is 1. The van der Waals surface area contributed by atoms with Crippen molar-refractivity contribution in [2.45, 2.75) is 19.3 Å². The Bertz CT molecular complexity index is 682. The molecule has 0 unspecified atom stereocenters. The lowest BCUT2D eigenvalue weighted by atomic mass is 10.1. The first-order valence-corrected chi connectivity index (χ1v) is 6.55. The summed E-state index contributed by atoms with van der Waals surface area (Å²) < 4.78 is 13.6. The molecule has 0 aromatic heterocycles. The Morgan fingerprint density at radius 1 is 1.10 bits per heavy atom. The van der Waals surface area contributed by atoms with Crippen molar-refractivity contribution in [3.8, 4) is 5.75 Å². The molecule has 1 aliphatic carbocycles. The van der Waals surface area contributed by atoms with E-state index >= 15 is 0 Å². The van der Waals surface area contributed by atoms with Crippen LogP contribution in [0.25, 0.3) is 0 Å². The van der Waals surface area contributed by atoms with Crippen molar-refractivity contribution >= 4 is 11.6 Å². The van der Waals surface area contributed by atoms with E-state index in [9.17, 15) is 9.18 Å². The van der Waals surface area contributed by atoms with E-state index in [-0.39, 0.29) is 11.3 Å². The lowest BCUT2D eigenvalue weighted by molar-refractivity contribution is 0.102. The molecule has 1 amide bonds. The predicted octanol–water partition coefficient (Wildman–Crippen LogP) is 3.27. The van der Waals surface area contributed by atoms with E-state index in [0.29, 0.717) is 5.69 Å². The molecule has 2 aromatic rings. The van der Waals surface area contributed by atoms with E-state index in [0.717, 1.165) is 25.3 Å². The molecule has 1 aliphatic rings. The van der Waals surface area contributed by atoms with Gasteiger partial charge in [0.25, 0.3) is 5.91 Å². The van der Waals surface area contributed by atoms with Crippen molar-refractivity contribution in [2.24, 2.45) is 0 Å². The molecule has 0 aliphatic heterocycles. The standard InChI is InChI=1S/C16H14FNO2/c17-15-9-13(19)6-7-14(15)16(20)18-12-5-4-10-2-1-3-11(10)8-12/h4-9,19H,1-3H2,(H,18,20). The molecule has 4 heteroatoms. The van der Waals surface area contributed by atoms with E-state index in [1.165, 1.54) is 23.3 Å². The molecule has 0 atom stereocenters. The van der Waals surface area contributed by atoms with Gasteiger partial charge in [-0.2, -0.15) is 0 Å². The maximum atomic E-state index is 13.6. The Morgan fingerprint density at radius 3 is 2.70 bits per heavy atom. The summed E-state index contributed by atoms with van der Waals surface area (Å²) in [5.74, 6) is -1.44. The number of benzene rings is 2. The summed E-state index contributed by atoms with van der Waals surface area (Å²) >= 11 is 0. The minimum absolute atomic E-state index is 0.0803. The molecule has 0 spiro atoms. The molecule has 0 radical (unpaired) electrons. The molecule has 3 rings (SSSR count). The molecule has 0 saturated heterocycles. The van der Waals surface area contributed by atoms with Crippen LogP contribution in [-0.4, -0.2) is 11.0 Å². The number of aryl methyl sites for hydroxylation is 2. The van der Waals surface area contributed by atoms with Gasteiger partial charge in [-0.1, -0.05) is 6.07 Å². The van der Waals surface area contributed by atoms with Gasteiger partial charge < -0.3 is 10.4 Å². The van der Waals surface area contributed by atoms with Crippen LogP contribution in [0.1, 0.15) is 27.9 Å². The number of amides is 1. The van der Waals surface area contributed by atoms with Crippen molar-refractivity contribution in [3.05, 3.63) is 58.9 Å². The SMILES string of the molecule is O=C(Nc1ccc2c(c1)CCC2)c1ccc(O)cc1F. The first-order chi connectivity index (χ1) is 9.63. The second-order valence-electron chi connectivity index (χ2n) is 4.96. The number of carbonyl (C=O) groups is 1. The fourth-order valence-corrected chi connectivity index (χ4v) is 2.54. The zero-order chi connectivity index (χ0) is 14.1. The van der Waals surface area contributed by atoms with E-state index < -0.39 is 11.7 Å². The Morgan fingerprint density at radius 2 is 1.90 bits per heavy atom. The maximum absolute atomic E-state index is 13.6. The molecule has 3 nitrogen and oxygen atoms in total. The number of hydrogen-bond donors (Lipinski definition) is 2. The largest absolute Gasteiger partial charge is 0.508 e. The summed E-state index contributed by atoms with van der Waals surface area (Å²) in [5, 5.41) is 11.8. The van der Waals surface area contributed by atoms with Crippen molar-refractivity contribution < 1.29 is 14.3 Å². The average Bonchev–Trinajstić information content (AvgIpc) is 2.85. The smallest absolute Gasteiger partial charge is 0.258 e. The third-order valence-corrected chi connectivity index (χ3v) is 3.55. The van der Waals surface area contributed by atoms with Crippen LogP contribution in [0.2, 0.25) is 0 Å². The number of phenols is 1. The third kappa shape index (κ3) is 2.37. The van der Waals surface area contributed by atoms with Gasteiger partial charge in [-0.25, -0.2) is 4.39 Å². The zero-order valence-corrected chi connectivity index (χ0v) is 10.8. The molecule has 0 bridgehead atoms. The fraction of sp³-hybridized carbons (Fsp3) is 0.188. The number of carbonyl (C=O) groups excluding carboxylic acids is 1. The second-order valence-corrected chi connectivity index (χ2v) is 4.96. The molecular formula is C16H14FNO2. The maximum Gasteiger partial charge on any atom is 0.258 e. The third-order valence-electron chi connectivity index (χ3n) is 3.55. The number of nitrogens with one attached hydrogen (secondary N) is 1. The minimum atomic E-state index is -0.733. The van der Waals surface area contributed by atoms with Crippen LogP contribution >= 0.6 is 0 Å². The van der Waals surface area contributed by atoms with Crippen LogP contribution in [0, 0.1) is 5.82 Å². The molecule has 102 valence electrons. The topological polar surface area (TPSA) is 49.3 Å². The van der Waals surface area contributed by atoms with Crippen LogP contribution in [0.4, 0.5) is 10.1 Å². The molecule has 0 heterocycles. The molecule has 20 heavy (non-hydrogen) atoms. The molecular weight excluding hydrogens is 257 g/mol. The number of fused-ring (bicyclic) bond motifs is 1. The fourth-order valence-electron chi connectivity index (χ4n) is 2.54.